The third-order valence-corrected chi connectivity index (χ3v) is 2.88. The number of fused-ring (bicyclic) bond motifs is 1. The minimum atomic E-state index is -0.901. The molecule has 3 aromatic rings. The first-order valence-electron chi connectivity index (χ1n) is 6.87. The van der Waals surface area contributed by atoms with E-state index in [2.05, 4.69) is 15.1 Å². The first kappa shape index (κ1) is 15.4. The van der Waals surface area contributed by atoms with E-state index in [1.807, 2.05) is 13.8 Å². The third-order valence-electron chi connectivity index (χ3n) is 2.88. The van der Waals surface area contributed by atoms with E-state index in [4.69, 9.17) is 5.11 Å². The molecular weight excluding hydrogens is 284 g/mol. The number of aromatic amines is 1. The zero-order valence-electron chi connectivity index (χ0n) is 12.3. The predicted octanol–water partition coefficient (Wildman–Crippen LogP) is 1.76. The number of carbonyl (C=O) groups is 1. The average molecular weight is 300 g/mol. The lowest BCUT2D eigenvalue weighted by atomic mass is 10.1. The van der Waals surface area contributed by atoms with Crippen LogP contribution in [0.3, 0.4) is 0 Å². The highest BCUT2D eigenvalue weighted by Crippen LogP contribution is 2.15. The molecule has 0 saturated heterocycles. The van der Waals surface area contributed by atoms with Gasteiger partial charge in [0.2, 0.25) is 0 Å². The Morgan fingerprint density at radius 1 is 1.36 bits per heavy atom. The second-order valence-electron chi connectivity index (χ2n) is 4.27. The molecule has 0 amide bonds. The minimum absolute atomic E-state index is 0.0684. The molecule has 2 N–H and O–H groups in total. The van der Waals surface area contributed by atoms with Gasteiger partial charge in [0.25, 0.3) is 5.56 Å². The van der Waals surface area contributed by atoms with E-state index in [1.165, 1.54) is 17.2 Å². The van der Waals surface area contributed by atoms with E-state index in [0.29, 0.717) is 22.3 Å². The van der Waals surface area contributed by atoms with Gasteiger partial charge in [-0.25, -0.2) is 9.67 Å². The van der Waals surface area contributed by atoms with E-state index >= 15 is 0 Å². The van der Waals surface area contributed by atoms with Gasteiger partial charge in [-0.3, -0.25) is 9.59 Å². The number of rotatable bonds is 3. The molecule has 0 aliphatic rings. The molecule has 0 aliphatic heterocycles. The van der Waals surface area contributed by atoms with Crippen molar-refractivity contribution in [3.63, 3.8) is 0 Å². The molecule has 0 aliphatic carbocycles. The standard InChI is InChI=1S/C13H10N4O3.C2H6/c18-11(19)5-8-2-1-3-9(4-8)17-12-10(6-16-17)13(20)15-7-14-12;1-2/h1-4,6-7H,5H2,(H,18,19)(H,14,15,20);1-2H3. The zero-order valence-corrected chi connectivity index (χ0v) is 12.3. The molecule has 114 valence electrons. The highest BCUT2D eigenvalue weighted by molar-refractivity contribution is 5.75. The summed E-state index contributed by atoms with van der Waals surface area (Å²) in [6.45, 7) is 4.00. The van der Waals surface area contributed by atoms with Crippen molar-refractivity contribution in [2.24, 2.45) is 0 Å². The van der Waals surface area contributed by atoms with Crippen LogP contribution in [0.5, 0.6) is 0 Å². The summed E-state index contributed by atoms with van der Waals surface area (Å²) in [5.41, 5.74) is 1.49. The van der Waals surface area contributed by atoms with Gasteiger partial charge in [0, 0.05) is 0 Å². The number of aromatic nitrogens is 4. The molecule has 3 rings (SSSR count). The maximum Gasteiger partial charge on any atom is 0.307 e. The SMILES string of the molecule is CC.O=C(O)Cc1cccc(-n2ncc3c(=O)[nH]cnc32)c1. The largest absolute Gasteiger partial charge is 0.481 e. The third kappa shape index (κ3) is 3.03. The highest BCUT2D eigenvalue weighted by atomic mass is 16.4. The normalized spacial score (nSPS) is 10.1. The summed E-state index contributed by atoms with van der Waals surface area (Å²) in [4.78, 5) is 28.9. The lowest BCUT2D eigenvalue weighted by molar-refractivity contribution is -0.136. The van der Waals surface area contributed by atoms with E-state index in [9.17, 15) is 9.59 Å². The molecule has 0 unspecified atom stereocenters. The van der Waals surface area contributed by atoms with Gasteiger partial charge in [0.05, 0.1) is 24.6 Å². The maximum absolute atomic E-state index is 11.6. The molecule has 0 fully saturated rings. The van der Waals surface area contributed by atoms with Gasteiger partial charge in [-0.15, -0.1) is 0 Å². The van der Waals surface area contributed by atoms with Gasteiger partial charge in [-0.2, -0.15) is 5.10 Å². The van der Waals surface area contributed by atoms with Crippen molar-refractivity contribution in [2.75, 3.05) is 0 Å². The molecule has 0 radical (unpaired) electrons. The molecule has 2 heterocycles. The van der Waals surface area contributed by atoms with Crippen molar-refractivity contribution >= 4 is 17.0 Å². The predicted molar refractivity (Wildman–Crippen MR) is 82.2 cm³/mol. The molecule has 7 heteroatoms. The molecule has 7 nitrogen and oxygen atoms in total. The van der Waals surface area contributed by atoms with Crippen LogP contribution in [0.4, 0.5) is 0 Å². The number of hydrogen-bond acceptors (Lipinski definition) is 4. The lowest BCUT2D eigenvalue weighted by Gasteiger charge is -2.04. The fourth-order valence-corrected chi connectivity index (χ4v) is 2.02. The van der Waals surface area contributed by atoms with Gasteiger partial charge in [0.1, 0.15) is 5.39 Å². The molecule has 0 bridgehead atoms. The Kier molecular flexibility index (Phi) is 4.67. The van der Waals surface area contributed by atoms with E-state index in [1.54, 1.807) is 24.3 Å². The van der Waals surface area contributed by atoms with Gasteiger partial charge >= 0.3 is 5.97 Å². The fourth-order valence-electron chi connectivity index (χ4n) is 2.02. The Hall–Kier alpha value is -2.96. The first-order chi connectivity index (χ1) is 10.6. The van der Waals surface area contributed by atoms with Gasteiger partial charge < -0.3 is 10.1 Å². The fraction of sp³-hybridized carbons (Fsp3) is 0.200. The van der Waals surface area contributed by atoms with Crippen LogP contribution in [-0.4, -0.2) is 30.8 Å². The monoisotopic (exact) mass is 300 g/mol. The molecule has 0 atom stereocenters. The summed E-state index contributed by atoms with van der Waals surface area (Å²) in [6.07, 6.45) is 2.68. The van der Waals surface area contributed by atoms with Gasteiger partial charge in [-0.1, -0.05) is 26.0 Å². The lowest BCUT2D eigenvalue weighted by Crippen LogP contribution is -2.07. The maximum atomic E-state index is 11.6. The number of carboxylic acids is 1. The summed E-state index contributed by atoms with van der Waals surface area (Å²) in [7, 11) is 0. The quantitative estimate of drug-likeness (QED) is 0.767. The van der Waals surface area contributed by atoms with Crippen LogP contribution < -0.4 is 5.56 Å². The van der Waals surface area contributed by atoms with Crippen molar-refractivity contribution in [1.82, 2.24) is 19.7 Å². The summed E-state index contributed by atoms with van der Waals surface area (Å²) < 4.78 is 1.51. The Bertz CT molecular complexity index is 851. The Morgan fingerprint density at radius 2 is 2.14 bits per heavy atom. The summed E-state index contributed by atoms with van der Waals surface area (Å²) in [5.74, 6) is -0.901. The number of H-pyrrole nitrogens is 1. The number of hydrogen-bond donors (Lipinski definition) is 2. The van der Waals surface area contributed by atoms with Crippen molar-refractivity contribution in [3.8, 4) is 5.69 Å². The highest BCUT2D eigenvalue weighted by Gasteiger charge is 2.09. The van der Waals surface area contributed by atoms with Crippen molar-refractivity contribution in [3.05, 3.63) is 52.7 Å². The number of nitrogens with zero attached hydrogens (tertiary/aromatic N) is 3. The van der Waals surface area contributed by atoms with Crippen LogP contribution in [0.1, 0.15) is 19.4 Å². The summed E-state index contributed by atoms with van der Waals surface area (Å²) in [6, 6.07) is 6.96. The molecule has 22 heavy (non-hydrogen) atoms. The van der Waals surface area contributed by atoms with Crippen LogP contribution in [0.25, 0.3) is 16.7 Å². The topological polar surface area (TPSA) is 101 Å². The molecule has 2 aromatic heterocycles. The second-order valence-corrected chi connectivity index (χ2v) is 4.27. The first-order valence-corrected chi connectivity index (χ1v) is 6.87. The molecule has 0 saturated carbocycles. The van der Waals surface area contributed by atoms with Crippen molar-refractivity contribution < 1.29 is 9.90 Å². The Balaban J connectivity index is 0.000000847. The smallest absolute Gasteiger partial charge is 0.307 e. The van der Waals surface area contributed by atoms with Crippen molar-refractivity contribution in [2.45, 2.75) is 20.3 Å². The second kappa shape index (κ2) is 6.66. The van der Waals surface area contributed by atoms with Crippen LogP contribution in [0.15, 0.2) is 41.6 Å². The Labute approximate surface area is 126 Å². The number of benzene rings is 1. The minimum Gasteiger partial charge on any atom is -0.481 e. The van der Waals surface area contributed by atoms with E-state index < -0.39 is 5.97 Å². The van der Waals surface area contributed by atoms with Gasteiger partial charge in [-0.05, 0) is 17.7 Å². The van der Waals surface area contributed by atoms with E-state index in [0.717, 1.165) is 0 Å². The summed E-state index contributed by atoms with van der Waals surface area (Å²) >= 11 is 0. The van der Waals surface area contributed by atoms with Crippen LogP contribution in [0.2, 0.25) is 0 Å². The number of nitrogens with one attached hydrogen (secondary N) is 1. The zero-order chi connectivity index (χ0) is 16.1. The van der Waals surface area contributed by atoms with Crippen LogP contribution in [-0.2, 0) is 11.2 Å². The Morgan fingerprint density at radius 3 is 2.86 bits per heavy atom. The van der Waals surface area contributed by atoms with Crippen LogP contribution >= 0.6 is 0 Å². The molecule has 1 aromatic carbocycles. The van der Waals surface area contributed by atoms with E-state index in [-0.39, 0.29) is 12.0 Å². The number of aliphatic carboxylic acids is 1. The number of carboxylic acid groups (broad SMARTS) is 1. The van der Waals surface area contributed by atoms with Crippen molar-refractivity contribution in [1.29, 1.82) is 0 Å². The molecular formula is C15H16N4O3. The summed E-state index contributed by atoms with van der Waals surface area (Å²) in [5, 5.41) is 13.3. The average Bonchev–Trinajstić information content (AvgIpc) is 2.94. The van der Waals surface area contributed by atoms with Gasteiger partial charge in [0.15, 0.2) is 5.65 Å². The van der Waals surface area contributed by atoms with Crippen LogP contribution in [0, 0.1) is 0 Å². The molecule has 0 spiro atoms.